The van der Waals surface area contributed by atoms with E-state index in [1.807, 2.05) is 48.5 Å². The van der Waals surface area contributed by atoms with E-state index in [1.165, 1.54) is 8.93 Å². The van der Waals surface area contributed by atoms with Crippen molar-refractivity contribution in [1.82, 2.24) is 0 Å². The maximum atomic E-state index is 13.2. The molecule has 1 amide bonds. The summed E-state index contributed by atoms with van der Waals surface area (Å²) < 4.78 is 8.81. The molecule has 132 valence electrons. The van der Waals surface area contributed by atoms with Crippen LogP contribution in [0.2, 0.25) is 0 Å². The zero-order chi connectivity index (χ0) is 18.3. The zero-order valence-electron chi connectivity index (χ0n) is 14.5. The van der Waals surface area contributed by atoms with Crippen LogP contribution >= 0.6 is 0 Å². The molecule has 1 unspecified atom stereocenters. The van der Waals surface area contributed by atoms with E-state index < -0.39 is 5.60 Å². The van der Waals surface area contributed by atoms with Crippen molar-refractivity contribution in [3.05, 3.63) is 101 Å². The van der Waals surface area contributed by atoms with Gasteiger partial charge in [0.15, 0.2) is 0 Å². The van der Waals surface area contributed by atoms with Gasteiger partial charge in [0, 0.05) is 0 Å². The van der Waals surface area contributed by atoms with Crippen LogP contribution in [0.4, 0.5) is 5.69 Å². The summed E-state index contributed by atoms with van der Waals surface area (Å²) in [6.45, 7) is 0.473. The van der Waals surface area contributed by atoms with Crippen molar-refractivity contribution in [2.45, 2.75) is 5.60 Å². The number of carbonyl (C=O) groups excluding carboxylic acids is 1. The van der Waals surface area contributed by atoms with Gasteiger partial charge in [-0.3, -0.25) is 0 Å². The summed E-state index contributed by atoms with van der Waals surface area (Å²) in [4.78, 5) is 13.2. The number of amides is 1. The molecule has 3 nitrogen and oxygen atoms in total. The number of nitrogens with one attached hydrogen (secondary N) is 1. The number of ether oxygens (including phenoxy) is 1. The van der Waals surface area contributed by atoms with Crippen LogP contribution in [0, 0.1) is 0 Å². The number of anilines is 1. The molecule has 1 atom stereocenters. The third-order valence-electron chi connectivity index (χ3n) is 4.97. The van der Waals surface area contributed by atoms with Gasteiger partial charge in [-0.2, -0.15) is 0 Å². The molecular weight excluding hydrogens is 401 g/mol. The Balaban J connectivity index is 1.72. The van der Waals surface area contributed by atoms with Crippen LogP contribution < -0.4 is 9.78 Å². The topological polar surface area (TPSA) is 38.3 Å². The number of hydrogen-bond acceptors (Lipinski definition) is 2. The second kappa shape index (κ2) is 6.50. The second-order valence-electron chi connectivity index (χ2n) is 6.55. The summed E-state index contributed by atoms with van der Waals surface area (Å²) in [7, 11) is 0. The first-order valence-electron chi connectivity index (χ1n) is 8.86. The Morgan fingerprint density at radius 3 is 2.30 bits per heavy atom. The van der Waals surface area contributed by atoms with Gasteiger partial charge in [0.25, 0.3) is 0 Å². The number of fused-ring (bicyclic) bond motifs is 2. The van der Waals surface area contributed by atoms with Crippen molar-refractivity contribution in [1.29, 1.82) is 0 Å². The Hall–Kier alpha value is -2.65. The van der Waals surface area contributed by atoms with E-state index in [9.17, 15) is 4.79 Å². The van der Waals surface area contributed by atoms with Crippen LogP contribution in [-0.2, 0) is 15.1 Å². The number of rotatable bonds is 3. The van der Waals surface area contributed by atoms with Gasteiger partial charge in [-0.05, 0) is 0 Å². The van der Waals surface area contributed by atoms with Gasteiger partial charge in [0.2, 0.25) is 0 Å². The van der Waals surface area contributed by atoms with Gasteiger partial charge in [-0.15, -0.1) is 0 Å². The van der Waals surface area contributed by atoms with E-state index in [0.29, 0.717) is 6.61 Å². The van der Waals surface area contributed by atoms with E-state index in [0.717, 1.165) is 22.4 Å². The van der Waals surface area contributed by atoms with Gasteiger partial charge in [-0.1, -0.05) is 0 Å². The van der Waals surface area contributed by atoms with E-state index in [2.05, 4.69) is 41.7 Å². The molecule has 2 aliphatic heterocycles. The summed E-state index contributed by atoms with van der Waals surface area (Å²) in [5.41, 5.74) is 2.75. The Labute approximate surface area is 164 Å². The third kappa shape index (κ3) is 2.57. The van der Waals surface area contributed by atoms with Crippen LogP contribution in [0.3, 0.4) is 0 Å². The Morgan fingerprint density at radius 1 is 0.852 bits per heavy atom. The summed E-state index contributed by atoms with van der Waals surface area (Å²) in [5.74, 6) is -0.0959. The fourth-order valence-electron chi connectivity index (χ4n) is 3.82. The molecule has 0 aromatic heterocycles. The number of hydrogen-bond donors (Lipinski definition) is 1. The first-order valence-corrected chi connectivity index (χ1v) is 10.6. The average molecular weight is 418 g/mol. The fourth-order valence-corrected chi connectivity index (χ4v) is 6.04. The molecular formula is C23H17NO2Se. The molecule has 27 heavy (non-hydrogen) atoms. The molecule has 2 aliphatic rings. The van der Waals surface area contributed by atoms with Crippen LogP contribution in [0.1, 0.15) is 11.1 Å². The number of para-hydroxylation sites is 1. The van der Waals surface area contributed by atoms with Crippen molar-refractivity contribution < 1.29 is 9.53 Å². The van der Waals surface area contributed by atoms with E-state index in [-0.39, 0.29) is 20.9 Å². The maximum absolute atomic E-state index is 13.2. The molecule has 0 saturated carbocycles. The van der Waals surface area contributed by atoms with E-state index >= 15 is 0 Å². The minimum absolute atomic E-state index is 0.0910. The van der Waals surface area contributed by atoms with Gasteiger partial charge in [0.1, 0.15) is 0 Å². The van der Waals surface area contributed by atoms with E-state index in [4.69, 9.17) is 4.74 Å². The molecule has 3 aromatic carbocycles. The second-order valence-corrected chi connectivity index (χ2v) is 9.00. The molecule has 5 rings (SSSR count). The average Bonchev–Trinajstić information content (AvgIpc) is 3.22. The summed E-state index contributed by atoms with van der Waals surface area (Å²) >= 11 is 0.0910. The molecule has 2 heterocycles. The predicted molar refractivity (Wildman–Crippen MR) is 108 cm³/mol. The van der Waals surface area contributed by atoms with Crippen LogP contribution in [-0.4, -0.2) is 27.5 Å². The first kappa shape index (κ1) is 16.5. The monoisotopic (exact) mass is 419 g/mol. The van der Waals surface area contributed by atoms with E-state index in [1.54, 1.807) is 0 Å². The predicted octanol–water partition coefficient (Wildman–Crippen LogP) is 3.31. The van der Waals surface area contributed by atoms with Crippen molar-refractivity contribution in [2.24, 2.45) is 0 Å². The molecule has 3 aromatic rings. The van der Waals surface area contributed by atoms with Crippen molar-refractivity contribution in [3.8, 4) is 0 Å². The summed E-state index contributed by atoms with van der Waals surface area (Å²) in [6, 6.07) is 28.4. The minimum atomic E-state index is -1.05. The van der Waals surface area contributed by atoms with Crippen LogP contribution in [0.15, 0.2) is 89.4 Å². The van der Waals surface area contributed by atoms with Crippen molar-refractivity contribution >= 4 is 36.6 Å². The van der Waals surface area contributed by atoms with Crippen molar-refractivity contribution in [3.63, 3.8) is 0 Å². The van der Waals surface area contributed by atoms with Gasteiger partial charge >= 0.3 is 164 Å². The summed E-state index contributed by atoms with van der Waals surface area (Å²) in [6.07, 6.45) is 0. The third-order valence-corrected chi connectivity index (χ3v) is 7.23. The molecule has 4 heteroatoms. The van der Waals surface area contributed by atoms with Crippen LogP contribution in [0.25, 0.3) is 5.57 Å². The molecule has 0 bridgehead atoms. The van der Waals surface area contributed by atoms with Gasteiger partial charge < -0.3 is 0 Å². The first-order chi connectivity index (χ1) is 13.3. The summed E-state index contributed by atoms with van der Waals surface area (Å²) in [5, 5.41) is 3.02. The molecule has 0 aliphatic carbocycles. The van der Waals surface area contributed by atoms with Crippen LogP contribution in [0.5, 0.6) is 0 Å². The molecule has 1 N–H and O–H groups in total. The fraction of sp³-hybridized carbons (Fsp3) is 0.0870. The number of carbonyl (C=O) groups is 1. The van der Waals surface area contributed by atoms with Gasteiger partial charge in [0.05, 0.1) is 0 Å². The zero-order valence-corrected chi connectivity index (χ0v) is 16.2. The number of benzene rings is 3. The molecule has 0 saturated heterocycles. The molecule has 0 fully saturated rings. The molecule has 1 spiro atoms. The normalized spacial score (nSPS) is 20.8. The Bertz CT molecular complexity index is 1050. The quantitative estimate of drug-likeness (QED) is 0.663. The van der Waals surface area contributed by atoms with Gasteiger partial charge in [-0.25, -0.2) is 0 Å². The molecule has 0 radical (unpaired) electrons. The standard InChI is InChI=1S/C23H17NO2Se/c25-22-23(18-13-7-8-14-19(18)24-22)21(16-9-3-1-4-10-16)20(15-26-23)27-17-11-5-2-6-12-17/h1-14H,15H2,(H,24,25). The SMILES string of the molecule is O=C1Nc2ccccc2C12OCC([Se]c1ccccc1)=C2c1ccccc1. The van der Waals surface area contributed by atoms with Crippen molar-refractivity contribution in [2.75, 3.05) is 11.9 Å². The Morgan fingerprint density at radius 2 is 1.52 bits per heavy atom. The Kier molecular flexibility index (Phi) is 3.98.